The number of non-ortho nitro benzene ring substituents is 1. The summed E-state index contributed by atoms with van der Waals surface area (Å²) in [5.41, 5.74) is 0.120. The molecule has 0 atom stereocenters. The van der Waals surface area contributed by atoms with Crippen LogP contribution in [0.3, 0.4) is 0 Å². The van der Waals surface area contributed by atoms with Crippen LogP contribution >= 0.6 is 0 Å². The van der Waals surface area contributed by atoms with Crippen molar-refractivity contribution in [3.63, 3.8) is 0 Å². The van der Waals surface area contributed by atoms with Gasteiger partial charge in [0.15, 0.2) is 0 Å². The minimum atomic E-state index is -0.933. The fraction of sp³-hybridized carbons (Fsp3) is 0.538. The van der Waals surface area contributed by atoms with Crippen LogP contribution in [0, 0.1) is 10.1 Å². The lowest BCUT2D eigenvalue weighted by Crippen LogP contribution is -2.42. The molecule has 0 fully saturated rings. The van der Waals surface area contributed by atoms with Crippen LogP contribution in [-0.4, -0.2) is 40.4 Å². The minimum absolute atomic E-state index is 0.0492. The molecule has 1 aromatic carbocycles. The lowest BCUT2D eigenvalue weighted by atomic mass is 10.0. The van der Waals surface area contributed by atoms with E-state index in [0.29, 0.717) is 17.9 Å². The third-order valence-corrected chi connectivity index (χ3v) is 2.85. The minimum Gasteiger partial charge on any atom is -0.394 e. The molecule has 7 nitrogen and oxygen atoms in total. The maximum absolute atomic E-state index is 10.9. The van der Waals surface area contributed by atoms with E-state index in [-0.39, 0.29) is 18.9 Å². The second kappa shape index (κ2) is 7.06. The first kappa shape index (κ1) is 16.2. The molecule has 20 heavy (non-hydrogen) atoms. The number of nitrogens with zero attached hydrogens (tertiary/aromatic N) is 1. The molecule has 7 heteroatoms. The van der Waals surface area contributed by atoms with Crippen molar-refractivity contribution in [2.75, 3.05) is 30.4 Å². The summed E-state index contributed by atoms with van der Waals surface area (Å²) in [7, 11) is 0. The van der Waals surface area contributed by atoms with Crippen molar-refractivity contribution in [3.8, 4) is 0 Å². The molecule has 0 unspecified atom stereocenters. The van der Waals surface area contributed by atoms with E-state index in [0.717, 1.165) is 6.42 Å². The molecule has 0 spiro atoms. The number of benzene rings is 1. The lowest BCUT2D eigenvalue weighted by Gasteiger charge is -2.27. The van der Waals surface area contributed by atoms with Crippen LogP contribution in [0.4, 0.5) is 17.1 Å². The highest BCUT2D eigenvalue weighted by Gasteiger charge is 2.23. The maximum Gasteiger partial charge on any atom is 0.273 e. The Hall–Kier alpha value is -1.86. The number of anilines is 2. The fourth-order valence-corrected chi connectivity index (χ4v) is 1.64. The van der Waals surface area contributed by atoms with Crippen LogP contribution in [0.1, 0.15) is 20.3 Å². The van der Waals surface area contributed by atoms with Crippen molar-refractivity contribution in [1.82, 2.24) is 0 Å². The molecular formula is C13H21N3O4. The van der Waals surface area contributed by atoms with Gasteiger partial charge in [-0.3, -0.25) is 10.1 Å². The number of hydrogen-bond donors (Lipinski definition) is 4. The highest BCUT2D eigenvalue weighted by molar-refractivity contribution is 5.64. The molecule has 0 saturated heterocycles. The van der Waals surface area contributed by atoms with Crippen molar-refractivity contribution in [1.29, 1.82) is 0 Å². The molecule has 112 valence electrons. The predicted molar refractivity (Wildman–Crippen MR) is 78.1 cm³/mol. The zero-order valence-corrected chi connectivity index (χ0v) is 11.7. The van der Waals surface area contributed by atoms with Crippen LogP contribution in [0.25, 0.3) is 0 Å². The highest BCUT2D eigenvalue weighted by atomic mass is 16.6. The summed E-state index contributed by atoms with van der Waals surface area (Å²) in [6.07, 6.45) is 0.899. The Bertz CT molecular complexity index is 461. The second-order valence-corrected chi connectivity index (χ2v) is 4.95. The van der Waals surface area contributed by atoms with Crippen LogP contribution in [0.5, 0.6) is 0 Å². The van der Waals surface area contributed by atoms with E-state index < -0.39 is 10.5 Å². The van der Waals surface area contributed by atoms with Gasteiger partial charge >= 0.3 is 0 Å². The zero-order valence-electron chi connectivity index (χ0n) is 11.7. The summed E-state index contributed by atoms with van der Waals surface area (Å²) in [5, 5.41) is 35.5. The van der Waals surface area contributed by atoms with Crippen molar-refractivity contribution < 1.29 is 15.1 Å². The maximum atomic E-state index is 10.9. The van der Waals surface area contributed by atoms with E-state index in [9.17, 15) is 20.3 Å². The van der Waals surface area contributed by atoms with Gasteiger partial charge in [0.25, 0.3) is 5.69 Å². The molecule has 0 aliphatic carbocycles. The normalized spacial score (nSPS) is 11.2. The molecule has 1 rings (SSSR count). The van der Waals surface area contributed by atoms with Gasteiger partial charge in [0.1, 0.15) is 0 Å². The van der Waals surface area contributed by atoms with Gasteiger partial charge < -0.3 is 20.8 Å². The van der Waals surface area contributed by atoms with Gasteiger partial charge in [0, 0.05) is 30.1 Å². The smallest absolute Gasteiger partial charge is 0.273 e. The first-order chi connectivity index (χ1) is 9.44. The number of aliphatic hydroxyl groups is 2. The average Bonchev–Trinajstić information content (AvgIpc) is 2.44. The van der Waals surface area contributed by atoms with Gasteiger partial charge in [-0.05, 0) is 19.4 Å². The van der Waals surface area contributed by atoms with Crippen molar-refractivity contribution in [3.05, 3.63) is 28.3 Å². The first-order valence-corrected chi connectivity index (χ1v) is 6.47. The van der Waals surface area contributed by atoms with E-state index >= 15 is 0 Å². The Morgan fingerprint density at radius 1 is 1.25 bits per heavy atom. The molecule has 0 saturated carbocycles. The van der Waals surface area contributed by atoms with Gasteiger partial charge in [0.05, 0.1) is 23.7 Å². The summed E-state index contributed by atoms with van der Waals surface area (Å²) in [4.78, 5) is 10.5. The third-order valence-electron chi connectivity index (χ3n) is 2.85. The number of hydrogen-bond acceptors (Lipinski definition) is 6. The Kier molecular flexibility index (Phi) is 5.72. The largest absolute Gasteiger partial charge is 0.394 e. The summed E-state index contributed by atoms with van der Waals surface area (Å²) in [6.45, 7) is 3.76. The Balaban J connectivity index is 3.05. The predicted octanol–water partition coefficient (Wildman–Crippen LogP) is 1.57. The first-order valence-electron chi connectivity index (χ1n) is 6.47. The van der Waals surface area contributed by atoms with Gasteiger partial charge in [-0.2, -0.15) is 0 Å². The number of nitro groups is 1. The number of nitro benzene ring substituents is 1. The van der Waals surface area contributed by atoms with E-state index in [1.54, 1.807) is 13.0 Å². The standard InChI is InChI=1S/C13H21N3O4/c1-3-4-14-10-5-11(7-12(6-10)16(19)20)15-13(2,8-17)9-18/h5-7,14-15,17-18H,3-4,8-9H2,1-2H3. The van der Waals surface area contributed by atoms with Gasteiger partial charge in [-0.25, -0.2) is 0 Å². The van der Waals surface area contributed by atoms with Crippen LogP contribution < -0.4 is 10.6 Å². The van der Waals surface area contributed by atoms with Crippen molar-refractivity contribution >= 4 is 17.1 Å². The van der Waals surface area contributed by atoms with Gasteiger partial charge in [0.2, 0.25) is 0 Å². The Morgan fingerprint density at radius 2 is 1.85 bits per heavy atom. The topological polar surface area (TPSA) is 108 Å². The molecule has 4 N–H and O–H groups in total. The summed E-state index contributed by atoms with van der Waals surface area (Å²) < 4.78 is 0. The molecule has 0 bridgehead atoms. The quantitative estimate of drug-likeness (QED) is 0.426. The molecule has 0 radical (unpaired) electrons. The van der Waals surface area contributed by atoms with Crippen molar-refractivity contribution in [2.24, 2.45) is 0 Å². The second-order valence-electron chi connectivity index (χ2n) is 4.95. The molecule has 0 amide bonds. The zero-order chi connectivity index (χ0) is 15.2. The number of aliphatic hydroxyl groups excluding tert-OH is 2. The average molecular weight is 283 g/mol. The molecule has 0 aromatic heterocycles. The highest BCUT2D eigenvalue weighted by Crippen LogP contribution is 2.26. The van der Waals surface area contributed by atoms with Gasteiger partial charge in [-0.1, -0.05) is 6.92 Å². The summed E-state index contributed by atoms with van der Waals surface area (Å²) in [5.74, 6) is 0. The van der Waals surface area contributed by atoms with E-state index in [4.69, 9.17) is 0 Å². The number of rotatable bonds is 8. The van der Waals surface area contributed by atoms with Gasteiger partial charge in [-0.15, -0.1) is 0 Å². The van der Waals surface area contributed by atoms with Crippen LogP contribution in [-0.2, 0) is 0 Å². The SMILES string of the molecule is CCCNc1cc(NC(C)(CO)CO)cc([N+](=O)[O-])c1. The Morgan fingerprint density at radius 3 is 2.35 bits per heavy atom. The molecule has 0 heterocycles. The lowest BCUT2D eigenvalue weighted by molar-refractivity contribution is -0.384. The molecule has 1 aromatic rings. The monoisotopic (exact) mass is 283 g/mol. The molecular weight excluding hydrogens is 262 g/mol. The van der Waals surface area contributed by atoms with Crippen LogP contribution in [0.2, 0.25) is 0 Å². The summed E-state index contributed by atoms with van der Waals surface area (Å²) in [6, 6.07) is 4.54. The molecule has 0 aliphatic heterocycles. The third kappa shape index (κ3) is 4.36. The van der Waals surface area contributed by atoms with E-state index in [2.05, 4.69) is 10.6 Å². The van der Waals surface area contributed by atoms with Crippen LogP contribution in [0.15, 0.2) is 18.2 Å². The van der Waals surface area contributed by atoms with E-state index in [1.807, 2.05) is 6.92 Å². The summed E-state index contributed by atoms with van der Waals surface area (Å²) >= 11 is 0. The van der Waals surface area contributed by atoms with E-state index in [1.165, 1.54) is 12.1 Å². The number of nitrogens with one attached hydrogen (secondary N) is 2. The Labute approximate surface area is 117 Å². The molecule has 0 aliphatic rings. The van der Waals surface area contributed by atoms with Crippen molar-refractivity contribution in [2.45, 2.75) is 25.8 Å². The fourth-order valence-electron chi connectivity index (χ4n) is 1.64.